The number of carbonyl (C=O) groups excluding carboxylic acids is 1. The van der Waals surface area contributed by atoms with E-state index in [2.05, 4.69) is 10.3 Å². The Morgan fingerprint density at radius 3 is 2.70 bits per heavy atom. The summed E-state index contributed by atoms with van der Waals surface area (Å²) in [6, 6.07) is 12.8. The van der Waals surface area contributed by atoms with E-state index in [9.17, 15) is 9.90 Å². The topological polar surface area (TPSA) is 83.6 Å². The molecule has 1 aliphatic heterocycles. The number of carbonyl (C=O) groups is 1. The number of phenols is 1. The minimum absolute atomic E-state index is 0.189. The van der Waals surface area contributed by atoms with Crippen LogP contribution in [0.2, 0.25) is 0 Å². The van der Waals surface area contributed by atoms with Gasteiger partial charge in [-0.2, -0.15) is 0 Å². The number of nitrogens with one attached hydrogen (secondary N) is 2. The van der Waals surface area contributed by atoms with Crippen molar-refractivity contribution >= 4 is 16.9 Å². The second-order valence-corrected chi connectivity index (χ2v) is 7.66. The third-order valence-corrected chi connectivity index (χ3v) is 5.88. The van der Waals surface area contributed by atoms with E-state index >= 15 is 0 Å². The molecule has 6 heteroatoms. The summed E-state index contributed by atoms with van der Waals surface area (Å²) in [6.45, 7) is 6.69. The second kappa shape index (κ2) is 8.03. The van der Waals surface area contributed by atoms with Gasteiger partial charge in [0.25, 0.3) is 0 Å². The van der Waals surface area contributed by atoms with Crippen LogP contribution in [0.15, 0.2) is 42.5 Å². The van der Waals surface area contributed by atoms with E-state index in [1.165, 1.54) is 0 Å². The van der Waals surface area contributed by atoms with E-state index < -0.39 is 5.54 Å². The molecular weight excluding hydrogens is 380 g/mol. The number of ether oxygens (including phenoxy) is 2. The highest BCUT2D eigenvalue weighted by atomic mass is 16.5. The molecule has 2 aromatic carbocycles. The van der Waals surface area contributed by atoms with Gasteiger partial charge < -0.3 is 19.6 Å². The number of H-pyrrole nitrogens is 1. The first-order chi connectivity index (χ1) is 14.5. The number of hydrogen-bond donors (Lipinski definition) is 3. The van der Waals surface area contributed by atoms with Gasteiger partial charge in [-0.25, -0.2) is 0 Å². The van der Waals surface area contributed by atoms with Crippen molar-refractivity contribution in [1.82, 2.24) is 10.3 Å². The Morgan fingerprint density at radius 2 is 2.00 bits per heavy atom. The average molecular weight is 408 g/mol. The molecule has 2 heterocycles. The molecule has 3 N–H and O–H groups in total. The number of aromatic hydroxyl groups is 1. The summed E-state index contributed by atoms with van der Waals surface area (Å²) in [7, 11) is 0. The van der Waals surface area contributed by atoms with Gasteiger partial charge in [0.2, 0.25) is 0 Å². The summed E-state index contributed by atoms with van der Waals surface area (Å²) in [6.07, 6.45) is 1.10. The largest absolute Gasteiger partial charge is 0.508 e. The van der Waals surface area contributed by atoms with E-state index in [-0.39, 0.29) is 17.8 Å². The van der Waals surface area contributed by atoms with Gasteiger partial charge in [-0.3, -0.25) is 10.1 Å². The summed E-state index contributed by atoms with van der Waals surface area (Å²) in [5, 5.41) is 14.7. The minimum atomic E-state index is -0.851. The molecule has 30 heavy (non-hydrogen) atoms. The SMILES string of the molecule is CCOC(=O)C1(CC)Cc2c([nH]c3ccc(OCC)cc23)C(c2cccc(O)c2)N1. The van der Waals surface area contributed by atoms with E-state index in [0.717, 1.165) is 33.5 Å². The lowest BCUT2D eigenvalue weighted by atomic mass is 9.80. The van der Waals surface area contributed by atoms with Gasteiger partial charge in [-0.1, -0.05) is 19.1 Å². The standard InChI is InChI=1S/C24H28N2O4/c1-4-24(23(28)30-6-3)14-19-18-13-17(29-5-2)10-11-20(18)25-22(19)21(26-24)15-8-7-9-16(27)12-15/h7-13,21,25-27H,4-6,14H2,1-3H3. The lowest BCUT2D eigenvalue weighted by molar-refractivity contribution is -0.152. The van der Waals surface area contributed by atoms with Crippen LogP contribution in [0.3, 0.4) is 0 Å². The maximum absolute atomic E-state index is 13.1. The minimum Gasteiger partial charge on any atom is -0.508 e. The molecule has 0 radical (unpaired) electrons. The van der Waals surface area contributed by atoms with Gasteiger partial charge in [0.1, 0.15) is 17.0 Å². The maximum atomic E-state index is 13.1. The molecule has 6 nitrogen and oxygen atoms in total. The number of aromatic amines is 1. The number of hydrogen-bond acceptors (Lipinski definition) is 5. The summed E-state index contributed by atoms with van der Waals surface area (Å²) < 4.78 is 11.2. The lowest BCUT2D eigenvalue weighted by Gasteiger charge is -2.40. The maximum Gasteiger partial charge on any atom is 0.326 e. The van der Waals surface area contributed by atoms with Gasteiger partial charge in [0, 0.05) is 23.0 Å². The van der Waals surface area contributed by atoms with Crippen LogP contribution < -0.4 is 10.1 Å². The lowest BCUT2D eigenvalue weighted by Crippen LogP contribution is -2.58. The fourth-order valence-corrected chi connectivity index (χ4v) is 4.37. The molecular formula is C24H28N2O4. The monoisotopic (exact) mass is 408 g/mol. The van der Waals surface area contributed by atoms with E-state index in [1.807, 2.05) is 51.1 Å². The van der Waals surface area contributed by atoms with E-state index in [4.69, 9.17) is 9.47 Å². The predicted molar refractivity (Wildman–Crippen MR) is 116 cm³/mol. The Balaban J connectivity index is 1.91. The summed E-state index contributed by atoms with van der Waals surface area (Å²) in [5.74, 6) is 0.741. The number of rotatable bonds is 6. The first kappa shape index (κ1) is 20.3. The third-order valence-electron chi connectivity index (χ3n) is 5.88. The van der Waals surface area contributed by atoms with Crippen LogP contribution in [-0.4, -0.2) is 34.8 Å². The Labute approximate surface area is 176 Å². The molecule has 0 amide bonds. The van der Waals surface area contributed by atoms with Crippen molar-refractivity contribution in [2.45, 2.75) is 45.2 Å². The predicted octanol–water partition coefficient (Wildman–Crippen LogP) is 4.22. The fraction of sp³-hybridized carbons (Fsp3) is 0.375. The zero-order valence-corrected chi connectivity index (χ0v) is 17.6. The van der Waals surface area contributed by atoms with Crippen molar-refractivity contribution in [3.05, 3.63) is 59.3 Å². The molecule has 0 saturated carbocycles. The second-order valence-electron chi connectivity index (χ2n) is 7.66. The highest BCUT2D eigenvalue weighted by molar-refractivity contribution is 5.90. The summed E-state index contributed by atoms with van der Waals surface area (Å²) in [4.78, 5) is 16.6. The van der Waals surface area contributed by atoms with E-state index in [1.54, 1.807) is 12.1 Å². The van der Waals surface area contributed by atoms with Crippen LogP contribution >= 0.6 is 0 Å². The molecule has 4 rings (SSSR count). The van der Waals surface area contributed by atoms with Crippen LogP contribution in [0.1, 0.15) is 50.1 Å². The Bertz CT molecular complexity index is 1070. The van der Waals surface area contributed by atoms with Crippen LogP contribution in [0.4, 0.5) is 0 Å². The smallest absolute Gasteiger partial charge is 0.326 e. The molecule has 0 fully saturated rings. The third kappa shape index (κ3) is 3.41. The quantitative estimate of drug-likeness (QED) is 0.532. The van der Waals surface area contributed by atoms with Gasteiger partial charge in [-0.05, 0) is 61.7 Å². The molecule has 1 aliphatic rings. The van der Waals surface area contributed by atoms with Crippen molar-refractivity contribution in [1.29, 1.82) is 0 Å². The average Bonchev–Trinajstić information content (AvgIpc) is 3.11. The number of phenolic OH excluding ortho intramolecular Hbond substituents is 1. The molecule has 3 aromatic rings. The number of esters is 1. The Morgan fingerprint density at radius 1 is 1.17 bits per heavy atom. The van der Waals surface area contributed by atoms with Crippen molar-refractivity contribution in [3.8, 4) is 11.5 Å². The highest BCUT2D eigenvalue weighted by Gasteiger charge is 2.46. The van der Waals surface area contributed by atoms with Crippen molar-refractivity contribution in [2.24, 2.45) is 0 Å². The Hall–Kier alpha value is -2.99. The van der Waals surface area contributed by atoms with Gasteiger partial charge in [0.15, 0.2) is 0 Å². The summed E-state index contributed by atoms with van der Waals surface area (Å²) >= 11 is 0. The first-order valence-electron chi connectivity index (χ1n) is 10.5. The Kier molecular flexibility index (Phi) is 5.43. The fourth-order valence-electron chi connectivity index (χ4n) is 4.37. The van der Waals surface area contributed by atoms with Crippen molar-refractivity contribution in [2.75, 3.05) is 13.2 Å². The molecule has 0 aliphatic carbocycles. The molecule has 0 spiro atoms. The van der Waals surface area contributed by atoms with Crippen LogP contribution in [0, 0.1) is 0 Å². The molecule has 2 atom stereocenters. The van der Waals surface area contributed by atoms with Crippen LogP contribution in [0.5, 0.6) is 11.5 Å². The zero-order chi connectivity index (χ0) is 21.3. The number of fused-ring (bicyclic) bond motifs is 3. The first-order valence-corrected chi connectivity index (χ1v) is 10.5. The molecule has 0 saturated heterocycles. The molecule has 2 unspecified atom stereocenters. The van der Waals surface area contributed by atoms with Crippen LogP contribution in [0.25, 0.3) is 10.9 Å². The number of aromatic nitrogens is 1. The van der Waals surface area contributed by atoms with Gasteiger partial charge in [0.05, 0.1) is 19.3 Å². The highest BCUT2D eigenvalue weighted by Crippen LogP contribution is 2.41. The zero-order valence-electron chi connectivity index (χ0n) is 17.6. The van der Waals surface area contributed by atoms with Crippen molar-refractivity contribution < 1.29 is 19.4 Å². The molecule has 1 aromatic heterocycles. The number of benzene rings is 2. The van der Waals surface area contributed by atoms with Crippen LogP contribution in [-0.2, 0) is 16.0 Å². The van der Waals surface area contributed by atoms with E-state index in [0.29, 0.717) is 26.1 Å². The van der Waals surface area contributed by atoms with Crippen molar-refractivity contribution in [3.63, 3.8) is 0 Å². The molecule has 0 bridgehead atoms. The van der Waals surface area contributed by atoms with Gasteiger partial charge >= 0.3 is 5.97 Å². The van der Waals surface area contributed by atoms with Gasteiger partial charge in [-0.15, -0.1) is 0 Å². The summed E-state index contributed by atoms with van der Waals surface area (Å²) in [5.41, 5.74) is 3.10. The molecule has 158 valence electrons. The normalized spacial score (nSPS) is 20.7.